The third-order valence-electron chi connectivity index (χ3n) is 3.24. The number of carbonyl (C=O) groups excluding carboxylic acids is 1. The van der Waals surface area contributed by atoms with E-state index in [0.717, 1.165) is 38.5 Å². The molecule has 4 heteroatoms. The Labute approximate surface area is 108 Å². The van der Waals surface area contributed by atoms with Crippen LogP contribution < -0.4 is 10.2 Å². The Hall–Kier alpha value is -1.39. The van der Waals surface area contributed by atoms with E-state index in [-0.39, 0.29) is 5.91 Å². The number of hydrogen-bond donors (Lipinski definition) is 2. The summed E-state index contributed by atoms with van der Waals surface area (Å²) < 4.78 is 5.29. The molecular weight excluding hydrogens is 228 g/mol. The van der Waals surface area contributed by atoms with E-state index in [9.17, 15) is 4.79 Å². The average Bonchev–Trinajstić information content (AvgIpc) is 2.40. The number of hydrogen-bond acceptors (Lipinski definition) is 2. The summed E-state index contributed by atoms with van der Waals surface area (Å²) in [6.45, 7) is 6.58. The second-order valence-corrected chi connectivity index (χ2v) is 4.78. The van der Waals surface area contributed by atoms with Crippen molar-refractivity contribution in [2.45, 2.75) is 13.3 Å². The molecule has 0 saturated carbocycles. The lowest BCUT2D eigenvalue weighted by atomic mass is 10.2. The monoisotopic (exact) mass is 249 g/mol. The lowest BCUT2D eigenvalue weighted by molar-refractivity contribution is -0.907. The van der Waals surface area contributed by atoms with Crippen molar-refractivity contribution in [2.75, 3.05) is 38.2 Å². The van der Waals surface area contributed by atoms with Crippen LogP contribution in [0.25, 0.3) is 0 Å². The van der Waals surface area contributed by atoms with Crippen LogP contribution in [-0.4, -0.2) is 38.8 Å². The van der Waals surface area contributed by atoms with Crippen molar-refractivity contribution in [3.8, 4) is 0 Å². The third-order valence-corrected chi connectivity index (χ3v) is 3.24. The van der Waals surface area contributed by atoms with Crippen molar-refractivity contribution in [1.29, 1.82) is 0 Å². The molecule has 2 N–H and O–H groups in total. The molecule has 0 spiro atoms. The summed E-state index contributed by atoms with van der Waals surface area (Å²) in [7, 11) is 0. The van der Waals surface area contributed by atoms with Gasteiger partial charge in [0.25, 0.3) is 0 Å². The van der Waals surface area contributed by atoms with E-state index in [1.165, 1.54) is 10.5 Å². The molecule has 2 rings (SSSR count). The SMILES string of the molecule is Cc1ccc(NC(=O)CC[NH+]2CCOCC2)cc1. The first-order valence-electron chi connectivity index (χ1n) is 6.52. The Balaban J connectivity index is 1.73. The average molecular weight is 249 g/mol. The highest BCUT2D eigenvalue weighted by Crippen LogP contribution is 2.08. The molecule has 1 aliphatic heterocycles. The molecule has 1 amide bonds. The molecule has 4 nitrogen and oxygen atoms in total. The number of rotatable bonds is 4. The largest absolute Gasteiger partial charge is 0.370 e. The Bertz CT molecular complexity index is 383. The normalized spacial score (nSPS) is 16.5. The summed E-state index contributed by atoms with van der Waals surface area (Å²) in [4.78, 5) is 13.2. The van der Waals surface area contributed by atoms with Gasteiger partial charge in [-0.15, -0.1) is 0 Å². The highest BCUT2D eigenvalue weighted by molar-refractivity contribution is 5.90. The van der Waals surface area contributed by atoms with Crippen LogP contribution in [0.3, 0.4) is 0 Å². The molecule has 0 aromatic heterocycles. The van der Waals surface area contributed by atoms with Crippen molar-refractivity contribution in [2.24, 2.45) is 0 Å². The number of ether oxygens (including phenoxy) is 1. The number of nitrogens with one attached hydrogen (secondary N) is 2. The summed E-state index contributed by atoms with van der Waals surface area (Å²) >= 11 is 0. The van der Waals surface area contributed by atoms with Crippen LogP contribution >= 0.6 is 0 Å². The maximum Gasteiger partial charge on any atom is 0.230 e. The van der Waals surface area contributed by atoms with E-state index in [1.54, 1.807) is 0 Å². The van der Waals surface area contributed by atoms with Gasteiger partial charge in [-0.1, -0.05) is 17.7 Å². The molecule has 0 unspecified atom stereocenters. The second kappa shape index (κ2) is 6.52. The lowest BCUT2D eigenvalue weighted by Gasteiger charge is -2.23. The summed E-state index contributed by atoms with van der Waals surface area (Å²) in [6, 6.07) is 7.88. The number of amides is 1. The van der Waals surface area contributed by atoms with Gasteiger partial charge >= 0.3 is 0 Å². The first kappa shape index (κ1) is 13.1. The minimum atomic E-state index is 0.0952. The number of aryl methyl sites for hydroxylation is 1. The van der Waals surface area contributed by atoms with E-state index in [2.05, 4.69) is 5.32 Å². The molecule has 18 heavy (non-hydrogen) atoms. The maximum absolute atomic E-state index is 11.8. The number of morpholine rings is 1. The molecule has 1 aromatic rings. The standard InChI is InChI=1S/C14H20N2O2/c1-12-2-4-13(5-3-12)15-14(17)6-7-16-8-10-18-11-9-16/h2-5H,6-11H2,1H3,(H,15,17)/p+1. The van der Waals surface area contributed by atoms with Gasteiger partial charge in [-0.05, 0) is 19.1 Å². The molecule has 98 valence electrons. The number of quaternary nitrogens is 1. The predicted octanol–water partition coefficient (Wildman–Crippen LogP) is 0.239. The zero-order chi connectivity index (χ0) is 12.8. The fraction of sp³-hybridized carbons (Fsp3) is 0.500. The highest BCUT2D eigenvalue weighted by atomic mass is 16.5. The van der Waals surface area contributed by atoms with Crippen molar-refractivity contribution in [3.63, 3.8) is 0 Å². The van der Waals surface area contributed by atoms with Gasteiger partial charge in [-0.3, -0.25) is 4.79 Å². The van der Waals surface area contributed by atoms with Gasteiger partial charge in [-0.25, -0.2) is 0 Å². The molecule has 0 aliphatic carbocycles. The molecule has 1 saturated heterocycles. The number of benzene rings is 1. The molecule has 0 radical (unpaired) electrons. The van der Waals surface area contributed by atoms with E-state index >= 15 is 0 Å². The molecular formula is C14H21N2O2+. The van der Waals surface area contributed by atoms with Gasteiger partial charge in [0.15, 0.2) is 0 Å². The van der Waals surface area contributed by atoms with Crippen LogP contribution in [0.2, 0.25) is 0 Å². The van der Waals surface area contributed by atoms with Crippen LogP contribution in [0.15, 0.2) is 24.3 Å². The quantitative estimate of drug-likeness (QED) is 0.802. The maximum atomic E-state index is 11.8. The van der Waals surface area contributed by atoms with Crippen molar-refractivity contribution in [3.05, 3.63) is 29.8 Å². The van der Waals surface area contributed by atoms with Crippen LogP contribution in [-0.2, 0) is 9.53 Å². The number of carbonyl (C=O) groups is 1. The summed E-state index contributed by atoms with van der Waals surface area (Å²) in [5, 5.41) is 2.93. The van der Waals surface area contributed by atoms with Gasteiger partial charge in [0.05, 0.1) is 26.2 Å². The van der Waals surface area contributed by atoms with Crippen LogP contribution in [0, 0.1) is 6.92 Å². The molecule has 1 aromatic carbocycles. The fourth-order valence-electron chi connectivity index (χ4n) is 2.06. The fourth-order valence-corrected chi connectivity index (χ4v) is 2.06. The minimum Gasteiger partial charge on any atom is -0.370 e. The Morgan fingerprint density at radius 3 is 2.61 bits per heavy atom. The molecule has 1 aliphatic rings. The van der Waals surface area contributed by atoms with E-state index in [0.29, 0.717) is 6.42 Å². The summed E-state index contributed by atoms with van der Waals surface area (Å²) in [6.07, 6.45) is 0.573. The topological polar surface area (TPSA) is 42.8 Å². The minimum absolute atomic E-state index is 0.0952. The van der Waals surface area contributed by atoms with Crippen molar-refractivity contribution >= 4 is 11.6 Å². The lowest BCUT2D eigenvalue weighted by Crippen LogP contribution is -3.14. The van der Waals surface area contributed by atoms with Crippen LogP contribution in [0.5, 0.6) is 0 Å². The van der Waals surface area contributed by atoms with E-state index in [4.69, 9.17) is 4.74 Å². The second-order valence-electron chi connectivity index (χ2n) is 4.78. The first-order valence-corrected chi connectivity index (χ1v) is 6.52. The zero-order valence-electron chi connectivity index (χ0n) is 10.9. The Morgan fingerprint density at radius 2 is 1.94 bits per heavy atom. The number of anilines is 1. The van der Waals surface area contributed by atoms with Crippen molar-refractivity contribution in [1.82, 2.24) is 0 Å². The van der Waals surface area contributed by atoms with Gasteiger partial charge in [0.2, 0.25) is 5.91 Å². The van der Waals surface area contributed by atoms with Crippen molar-refractivity contribution < 1.29 is 14.4 Å². The van der Waals surface area contributed by atoms with Crippen LogP contribution in [0.4, 0.5) is 5.69 Å². The summed E-state index contributed by atoms with van der Waals surface area (Å²) in [5.41, 5.74) is 2.08. The predicted molar refractivity (Wildman–Crippen MR) is 70.8 cm³/mol. The summed E-state index contributed by atoms with van der Waals surface area (Å²) in [5.74, 6) is 0.0952. The Morgan fingerprint density at radius 1 is 1.28 bits per heavy atom. The van der Waals surface area contributed by atoms with Gasteiger partial charge in [-0.2, -0.15) is 0 Å². The van der Waals surface area contributed by atoms with E-state index in [1.807, 2.05) is 31.2 Å². The van der Waals surface area contributed by atoms with Gasteiger partial charge < -0.3 is 15.0 Å². The van der Waals surface area contributed by atoms with E-state index < -0.39 is 0 Å². The van der Waals surface area contributed by atoms with Gasteiger partial charge in [0, 0.05) is 5.69 Å². The zero-order valence-corrected chi connectivity index (χ0v) is 10.9. The molecule has 0 bridgehead atoms. The van der Waals surface area contributed by atoms with Gasteiger partial charge in [0.1, 0.15) is 13.1 Å². The molecule has 1 heterocycles. The smallest absolute Gasteiger partial charge is 0.230 e. The highest BCUT2D eigenvalue weighted by Gasteiger charge is 2.15. The Kier molecular flexibility index (Phi) is 4.73. The third kappa shape index (κ3) is 4.13. The van der Waals surface area contributed by atoms with Crippen LogP contribution in [0.1, 0.15) is 12.0 Å². The molecule has 1 fully saturated rings. The first-order chi connectivity index (χ1) is 8.74. The molecule has 0 atom stereocenters.